The van der Waals surface area contributed by atoms with E-state index in [-0.39, 0.29) is 0 Å². The van der Waals surface area contributed by atoms with Crippen LogP contribution in [-0.4, -0.2) is 17.9 Å². The van der Waals surface area contributed by atoms with E-state index in [4.69, 9.17) is 4.74 Å². The molecule has 12 heavy (non-hydrogen) atoms. The molecule has 0 N–H and O–H groups in total. The second kappa shape index (κ2) is 5.29. The standard InChI is InChI=1S/C9H10NO2/c11-7-3-4-8-12-9-5-1-2-6-10-9/h1-2,5-6H,3-4,8H2. The van der Waals surface area contributed by atoms with Crippen molar-refractivity contribution in [3.8, 4) is 5.88 Å². The number of ether oxygens (including phenoxy) is 1. The summed E-state index contributed by atoms with van der Waals surface area (Å²) in [7, 11) is 0. The summed E-state index contributed by atoms with van der Waals surface area (Å²) in [5.74, 6) is 0.600. The molecule has 1 radical (unpaired) electrons. The van der Waals surface area contributed by atoms with Gasteiger partial charge in [0, 0.05) is 18.7 Å². The highest BCUT2D eigenvalue weighted by atomic mass is 16.5. The lowest BCUT2D eigenvalue weighted by atomic mass is 10.3. The van der Waals surface area contributed by atoms with Gasteiger partial charge in [0.05, 0.1) is 6.61 Å². The Labute approximate surface area is 71.4 Å². The lowest BCUT2D eigenvalue weighted by Crippen LogP contribution is -1.98. The average molecular weight is 164 g/mol. The fraction of sp³-hybridized carbons (Fsp3) is 0.333. The maximum Gasteiger partial charge on any atom is 0.213 e. The van der Waals surface area contributed by atoms with E-state index in [1.54, 1.807) is 18.5 Å². The van der Waals surface area contributed by atoms with Crippen LogP contribution in [-0.2, 0) is 4.79 Å². The second-order valence-corrected chi connectivity index (χ2v) is 2.26. The van der Waals surface area contributed by atoms with Gasteiger partial charge in [-0.1, -0.05) is 6.07 Å². The van der Waals surface area contributed by atoms with Crippen LogP contribution in [0, 0.1) is 0 Å². The summed E-state index contributed by atoms with van der Waals surface area (Å²) in [6, 6.07) is 5.46. The van der Waals surface area contributed by atoms with Crippen molar-refractivity contribution in [3.63, 3.8) is 0 Å². The SMILES string of the molecule is O=[C]CCCOc1ccccn1. The van der Waals surface area contributed by atoms with Crippen LogP contribution in [0.15, 0.2) is 24.4 Å². The third-order valence-electron chi connectivity index (χ3n) is 1.31. The number of rotatable bonds is 5. The first-order valence-electron chi connectivity index (χ1n) is 3.82. The summed E-state index contributed by atoms with van der Waals surface area (Å²) in [4.78, 5) is 13.8. The molecule has 0 unspecified atom stereocenters. The summed E-state index contributed by atoms with van der Waals surface area (Å²) in [6.07, 6.45) is 4.59. The molecule has 0 fully saturated rings. The molecule has 3 heteroatoms. The molecule has 1 aromatic rings. The minimum absolute atomic E-state index is 0.423. The zero-order valence-electron chi connectivity index (χ0n) is 6.69. The molecule has 1 aromatic heterocycles. The van der Waals surface area contributed by atoms with Crippen LogP contribution in [0.3, 0.4) is 0 Å². The molecule has 63 valence electrons. The van der Waals surface area contributed by atoms with Gasteiger partial charge in [-0.15, -0.1) is 0 Å². The predicted octanol–water partition coefficient (Wildman–Crippen LogP) is 1.35. The summed E-state index contributed by atoms with van der Waals surface area (Å²) in [5.41, 5.74) is 0. The van der Waals surface area contributed by atoms with Crippen molar-refractivity contribution in [2.24, 2.45) is 0 Å². The van der Waals surface area contributed by atoms with Gasteiger partial charge in [0.25, 0.3) is 0 Å². The Morgan fingerprint density at radius 1 is 1.50 bits per heavy atom. The average Bonchev–Trinajstić information content (AvgIpc) is 2.14. The molecule has 0 aliphatic carbocycles. The molecule has 0 spiro atoms. The van der Waals surface area contributed by atoms with E-state index in [0.29, 0.717) is 25.3 Å². The highest BCUT2D eigenvalue weighted by Gasteiger charge is 1.91. The maximum absolute atomic E-state index is 9.82. The molecule has 0 saturated heterocycles. The van der Waals surface area contributed by atoms with Gasteiger partial charge in [-0.05, 0) is 12.5 Å². The van der Waals surface area contributed by atoms with Crippen molar-refractivity contribution in [3.05, 3.63) is 24.4 Å². The summed E-state index contributed by atoms with van der Waals surface area (Å²) >= 11 is 0. The lowest BCUT2D eigenvalue weighted by molar-refractivity contribution is 0.301. The first-order valence-corrected chi connectivity index (χ1v) is 3.82. The molecule has 0 amide bonds. The third kappa shape index (κ3) is 3.14. The van der Waals surface area contributed by atoms with Gasteiger partial charge in [-0.25, -0.2) is 4.98 Å². The summed E-state index contributed by atoms with van der Waals surface area (Å²) in [5, 5.41) is 0. The van der Waals surface area contributed by atoms with E-state index < -0.39 is 0 Å². The number of nitrogens with zero attached hydrogens (tertiary/aromatic N) is 1. The number of unbranched alkanes of at least 4 members (excludes halogenated alkanes) is 1. The van der Waals surface area contributed by atoms with Crippen LogP contribution in [0.5, 0.6) is 5.88 Å². The first-order chi connectivity index (χ1) is 5.93. The van der Waals surface area contributed by atoms with Gasteiger partial charge >= 0.3 is 0 Å². The quantitative estimate of drug-likeness (QED) is 0.616. The zero-order valence-corrected chi connectivity index (χ0v) is 6.69. The van der Waals surface area contributed by atoms with Crippen LogP contribution in [0.25, 0.3) is 0 Å². The Hall–Kier alpha value is -1.38. The van der Waals surface area contributed by atoms with Gasteiger partial charge in [-0.3, -0.25) is 4.79 Å². The smallest absolute Gasteiger partial charge is 0.213 e. The normalized spacial score (nSPS) is 9.33. The van der Waals surface area contributed by atoms with Crippen molar-refractivity contribution in [2.75, 3.05) is 6.61 Å². The molecular weight excluding hydrogens is 154 g/mol. The molecule has 0 bridgehead atoms. The molecule has 0 saturated carbocycles. The van der Waals surface area contributed by atoms with E-state index in [0.717, 1.165) is 0 Å². The second-order valence-electron chi connectivity index (χ2n) is 2.26. The Morgan fingerprint density at radius 3 is 3.08 bits per heavy atom. The van der Waals surface area contributed by atoms with Crippen LogP contribution in [0.1, 0.15) is 12.8 Å². The van der Waals surface area contributed by atoms with Crippen LogP contribution in [0.2, 0.25) is 0 Å². The van der Waals surface area contributed by atoms with E-state index in [1.165, 1.54) is 0 Å². The first kappa shape index (κ1) is 8.71. The lowest BCUT2D eigenvalue weighted by Gasteiger charge is -2.01. The Bertz CT molecular complexity index is 223. The van der Waals surface area contributed by atoms with Gasteiger partial charge in [0.1, 0.15) is 0 Å². The molecular formula is C9H10NO2. The van der Waals surface area contributed by atoms with E-state index >= 15 is 0 Å². The van der Waals surface area contributed by atoms with Gasteiger partial charge in [0.2, 0.25) is 5.88 Å². The third-order valence-corrected chi connectivity index (χ3v) is 1.31. The highest BCUT2D eigenvalue weighted by Crippen LogP contribution is 2.03. The molecule has 1 heterocycles. The Kier molecular flexibility index (Phi) is 3.84. The monoisotopic (exact) mass is 164 g/mol. The number of hydrogen-bond acceptors (Lipinski definition) is 3. The van der Waals surface area contributed by atoms with Gasteiger partial charge in [-0.2, -0.15) is 0 Å². The Balaban J connectivity index is 2.20. The number of hydrogen-bond donors (Lipinski definition) is 0. The minimum atomic E-state index is 0.423. The summed E-state index contributed by atoms with van der Waals surface area (Å²) in [6.45, 7) is 0.520. The van der Waals surface area contributed by atoms with Crippen molar-refractivity contribution in [2.45, 2.75) is 12.8 Å². The number of carbonyl (C=O) groups excluding carboxylic acids is 1. The van der Waals surface area contributed by atoms with Crippen molar-refractivity contribution in [1.82, 2.24) is 4.98 Å². The van der Waals surface area contributed by atoms with Crippen LogP contribution in [0.4, 0.5) is 0 Å². The van der Waals surface area contributed by atoms with E-state index in [2.05, 4.69) is 4.98 Å². The molecule has 3 nitrogen and oxygen atoms in total. The molecule has 0 atom stereocenters. The highest BCUT2D eigenvalue weighted by molar-refractivity contribution is 5.50. The fourth-order valence-corrected chi connectivity index (χ4v) is 0.754. The Morgan fingerprint density at radius 2 is 2.42 bits per heavy atom. The summed E-state index contributed by atoms with van der Waals surface area (Å²) < 4.78 is 5.22. The van der Waals surface area contributed by atoms with Crippen molar-refractivity contribution >= 4 is 6.29 Å². The van der Waals surface area contributed by atoms with E-state index in [1.807, 2.05) is 12.1 Å². The molecule has 0 aliphatic heterocycles. The van der Waals surface area contributed by atoms with Crippen molar-refractivity contribution in [1.29, 1.82) is 0 Å². The maximum atomic E-state index is 9.82. The van der Waals surface area contributed by atoms with Crippen LogP contribution < -0.4 is 4.74 Å². The molecule has 1 rings (SSSR count). The van der Waals surface area contributed by atoms with Gasteiger partial charge < -0.3 is 4.74 Å². The predicted molar refractivity (Wildman–Crippen MR) is 44.7 cm³/mol. The number of pyridine rings is 1. The topological polar surface area (TPSA) is 39.2 Å². The van der Waals surface area contributed by atoms with Crippen molar-refractivity contribution < 1.29 is 9.53 Å². The van der Waals surface area contributed by atoms with Crippen LogP contribution >= 0.6 is 0 Å². The largest absolute Gasteiger partial charge is 0.478 e. The fourth-order valence-electron chi connectivity index (χ4n) is 0.754. The van der Waals surface area contributed by atoms with E-state index in [9.17, 15) is 4.79 Å². The number of aromatic nitrogens is 1. The van der Waals surface area contributed by atoms with Gasteiger partial charge in [0.15, 0.2) is 6.29 Å². The molecule has 0 aliphatic rings. The molecule has 0 aromatic carbocycles. The zero-order chi connectivity index (χ0) is 8.65. The minimum Gasteiger partial charge on any atom is -0.478 e.